The standard InChI is InChI=1S/C12H14N4O5/c17-12(14-6-8-1-2-8)7-13-10-4-3-9(15(18)19)5-11(10)16(20)21/h3-5,8,13H,1-2,6-7H2,(H,14,17). The molecule has 0 spiro atoms. The quantitative estimate of drug-likeness (QED) is 0.578. The number of nitro benzene ring substituents is 2. The van der Waals surface area contributed by atoms with Gasteiger partial charge in [0, 0.05) is 12.6 Å². The number of nitrogens with one attached hydrogen (secondary N) is 2. The molecule has 1 aliphatic rings. The number of hydrogen-bond donors (Lipinski definition) is 2. The van der Waals surface area contributed by atoms with E-state index in [1.807, 2.05) is 0 Å². The Balaban J connectivity index is 1.99. The first-order valence-corrected chi connectivity index (χ1v) is 6.41. The number of nitrogens with zero attached hydrogens (tertiary/aromatic N) is 2. The van der Waals surface area contributed by atoms with Crippen molar-refractivity contribution in [3.8, 4) is 0 Å². The van der Waals surface area contributed by atoms with Gasteiger partial charge in [-0.05, 0) is 24.8 Å². The highest BCUT2D eigenvalue weighted by Gasteiger charge is 2.22. The molecule has 1 fully saturated rings. The third-order valence-electron chi connectivity index (χ3n) is 3.11. The van der Waals surface area contributed by atoms with Crippen molar-refractivity contribution in [2.45, 2.75) is 12.8 Å². The second kappa shape index (κ2) is 6.16. The van der Waals surface area contributed by atoms with Crippen molar-refractivity contribution in [3.05, 3.63) is 38.4 Å². The number of non-ortho nitro benzene ring substituents is 1. The summed E-state index contributed by atoms with van der Waals surface area (Å²) in [5, 5.41) is 26.9. The summed E-state index contributed by atoms with van der Waals surface area (Å²) in [6.07, 6.45) is 2.23. The van der Waals surface area contributed by atoms with Crippen molar-refractivity contribution in [1.82, 2.24) is 5.32 Å². The summed E-state index contributed by atoms with van der Waals surface area (Å²) in [6, 6.07) is 3.24. The lowest BCUT2D eigenvalue weighted by atomic mass is 10.2. The van der Waals surface area contributed by atoms with E-state index in [9.17, 15) is 25.0 Å². The first-order valence-electron chi connectivity index (χ1n) is 6.41. The molecule has 0 radical (unpaired) electrons. The van der Waals surface area contributed by atoms with Gasteiger partial charge in [-0.15, -0.1) is 0 Å². The molecule has 0 bridgehead atoms. The van der Waals surface area contributed by atoms with Gasteiger partial charge in [0.1, 0.15) is 5.69 Å². The lowest BCUT2D eigenvalue weighted by molar-refractivity contribution is -0.393. The minimum Gasteiger partial charge on any atom is -0.371 e. The van der Waals surface area contributed by atoms with Crippen molar-refractivity contribution < 1.29 is 14.6 Å². The minimum absolute atomic E-state index is 0.0761. The monoisotopic (exact) mass is 294 g/mol. The molecule has 1 aliphatic carbocycles. The van der Waals surface area contributed by atoms with Gasteiger partial charge in [-0.2, -0.15) is 0 Å². The molecule has 0 atom stereocenters. The molecule has 21 heavy (non-hydrogen) atoms. The van der Waals surface area contributed by atoms with Gasteiger partial charge in [-0.3, -0.25) is 25.0 Å². The van der Waals surface area contributed by atoms with Gasteiger partial charge in [0.2, 0.25) is 5.91 Å². The zero-order chi connectivity index (χ0) is 15.4. The average molecular weight is 294 g/mol. The predicted octanol–water partition coefficient (Wildman–Crippen LogP) is 1.44. The van der Waals surface area contributed by atoms with Crippen molar-refractivity contribution in [1.29, 1.82) is 0 Å². The molecular formula is C12H14N4O5. The molecular weight excluding hydrogens is 280 g/mol. The molecule has 0 unspecified atom stereocenters. The van der Waals surface area contributed by atoms with Crippen LogP contribution in [-0.2, 0) is 4.79 Å². The Morgan fingerprint density at radius 2 is 1.95 bits per heavy atom. The Labute approximate surface area is 119 Å². The molecule has 112 valence electrons. The largest absolute Gasteiger partial charge is 0.371 e. The number of nitro groups is 2. The van der Waals surface area contributed by atoms with Gasteiger partial charge >= 0.3 is 0 Å². The zero-order valence-electron chi connectivity index (χ0n) is 11.1. The molecule has 1 amide bonds. The molecule has 9 nitrogen and oxygen atoms in total. The van der Waals surface area contributed by atoms with Crippen LogP contribution in [0.3, 0.4) is 0 Å². The first kappa shape index (κ1) is 14.7. The number of carbonyl (C=O) groups is 1. The Kier molecular flexibility index (Phi) is 4.31. The van der Waals surface area contributed by atoms with Gasteiger partial charge in [-0.1, -0.05) is 0 Å². The smallest absolute Gasteiger partial charge is 0.299 e. The highest BCUT2D eigenvalue weighted by molar-refractivity contribution is 5.82. The summed E-state index contributed by atoms with van der Waals surface area (Å²) in [7, 11) is 0. The van der Waals surface area contributed by atoms with Crippen LogP contribution < -0.4 is 10.6 Å². The minimum atomic E-state index is -0.725. The lowest BCUT2D eigenvalue weighted by Gasteiger charge is -2.07. The molecule has 1 aromatic rings. The molecule has 0 aliphatic heterocycles. The number of hydrogen-bond acceptors (Lipinski definition) is 6. The Morgan fingerprint density at radius 3 is 2.52 bits per heavy atom. The highest BCUT2D eigenvalue weighted by atomic mass is 16.6. The molecule has 1 saturated carbocycles. The van der Waals surface area contributed by atoms with Gasteiger partial charge < -0.3 is 10.6 Å². The van der Waals surface area contributed by atoms with E-state index in [-0.39, 0.29) is 23.8 Å². The molecule has 2 N–H and O–H groups in total. The van der Waals surface area contributed by atoms with E-state index in [1.165, 1.54) is 6.07 Å². The number of carbonyl (C=O) groups excluding carboxylic acids is 1. The van der Waals surface area contributed by atoms with Crippen molar-refractivity contribution >= 4 is 23.0 Å². The second-order valence-corrected chi connectivity index (χ2v) is 4.82. The topological polar surface area (TPSA) is 127 Å². The van der Waals surface area contributed by atoms with E-state index >= 15 is 0 Å². The van der Waals surface area contributed by atoms with Crippen LogP contribution in [0.1, 0.15) is 12.8 Å². The summed E-state index contributed by atoms with van der Waals surface area (Å²) in [6.45, 7) is 0.494. The fourth-order valence-corrected chi connectivity index (χ4v) is 1.75. The van der Waals surface area contributed by atoms with Crippen LogP contribution in [0.2, 0.25) is 0 Å². The van der Waals surface area contributed by atoms with Gasteiger partial charge in [0.25, 0.3) is 11.4 Å². The maximum atomic E-state index is 11.6. The number of rotatable bonds is 7. The molecule has 0 aromatic heterocycles. The van der Waals surface area contributed by atoms with Gasteiger partial charge in [0.05, 0.1) is 22.5 Å². The molecule has 1 aromatic carbocycles. The molecule has 2 rings (SSSR count). The second-order valence-electron chi connectivity index (χ2n) is 4.82. The van der Waals surface area contributed by atoms with Crippen molar-refractivity contribution in [2.75, 3.05) is 18.4 Å². The van der Waals surface area contributed by atoms with E-state index in [2.05, 4.69) is 10.6 Å². The van der Waals surface area contributed by atoms with Crippen molar-refractivity contribution in [3.63, 3.8) is 0 Å². The predicted molar refractivity (Wildman–Crippen MR) is 74.0 cm³/mol. The highest BCUT2D eigenvalue weighted by Crippen LogP contribution is 2.29. The van der Waals surface area contributed by atoms with Crippen LogP contribution in [0.25, 0.3) is 0 Å². The normalized spacial score (nSPS) is 13.5. The summed E-state index contributed by atoms with van der Waals surface area (Å²) >= 11 is 0. The maximum Gasteiger partial charge on any atom is 0.299 e. The maximum absolute atomic E-state index is 11.6. The third-order valence-corrected chi connectivity index (χ3v) is 3.11. The van der Waals surface area contributed by atoms with Crippen LogP contribution in [0.15, 0.2) is 18.2 Å². The van der Waals surface area contributed by atoms with Crippen LogP contribution in [0.5, 0.6) is 0 Å². The van der Waals surface area contributed by atoms with Gasteiger partial charge in [0.15, 0.2) is 0 Å². The van der Waals surface area contributed by atoms with Gasteiger partial charge in [-0.25, -0.2) is 0 Å². The van der Waals surface area contributed by atoms with E-state index in [4.69, 9.17) is 0 Å². The van der Waals surface area contributed by atoms with E-state index in [0.29, 0.717) is 12.5 Å². The summed E-state index contributed by atoms with van der Waals surface area (Å²) in [4.78, 5) is 31.6. The first-order chi connectivity index (χ1) is 9.97. The van der Waals surface area contributed by atoms with Crippen LogP contribution in [0, 0.1) is 26.1 Å². The number of anilines is 1. The fourth-order valence-electron chi connectivity index (χ4n) is 1.75. The van der Waals surface area contributed by atoms with Crippen molar-refractivity contribution in [2.24, 2.45) is 5.92 Å². The fraction of sp³-hybridized carbons (Fsp3) is 0.417. The van der Waals surface area contributed by atoms with Crippen LogP contribution in [0.4, 0.5) is 17.1 Å². The Morgan fingerprint density at radius 1 is 1.24 bits per heavy atom. The Bertz CT molecular complexity index is 585. The van der Waals surface area contributed by atoms with E-state index in [1.54, 1.807) is 0 Å². The zero-order valence-corrected chi connectivity index (χ0v) is 11.1. The van der Waals surface area contributed by atoms with Crippen LogP contribution in [-0.4, -0.2) is 28.8 Å². The average Bonchev–Trinajstić information content (AvgIpc) is 3.26. The number of amides is 1. The molecule has 0 saturated heterocycles. The van der Waals surface area contributed by atoms with E-state index in [0.717, 1.165) is 25.0 Å². The molecule has 9 heteroatoms. The summed E-state index contributed by atoms with van der Waals surface area (Å²) < 4.78 is 0. The lowest BCUT2D eigenvalue weighted by Crippen LogP contribution is -2.31. The summed E-state index contributed by atoms with van der Waals surface area (Å²) in [5.41, 5.74) is -0.725. The third kappa shape index (κ3) is 4.13. The SMILES string of the molecule is O=C(CNc1ccc([N+](=O)[O-])cc1[N+](=O)[O-])NCC1CC1. The number of benzene rings is 1. The van der Waals surface area contributed by atoms with Crippen LogP contribution >= 0.6 is 0 Å². The van der Waals surface area contributed by atoms with E-state index < -0.39 is 15.5 Å². The summed E-state index contributed by atoms with van der Waals surface area (Å²) in [5.74, 6) is 0.275. The molecule has 0 heterocycles. The Hall–Kier alpha value is -2.71.